The Morgan fingerprint density at radius 2 is 2.35 bits per heavy atom. The Balaban J connectivity index is 1.51. The molecular formula is C17H18N6O2S. The van der Waals surface area contributed by atoms with Crippen LogP contribution in [0.4, 0.5) is 5.82 Å². The topological polar surface area (TPSA) is 110 Å². The minimum absolute atomic E-state index is 0.114. The van der Waals surface area contributed by atoms with E-state index in [1.165, 1.54) is 0 Å². The predicted molar refractivity (Wildman–Crippen MR) is 96.5 cm³/mol. The van der Waals surface area contributed by atoms with Crippen LogP contribution in [-0.2, 0) is 11.2 Å². The number of carbonyl (C=O) groups excluding carboxylic acids is 1. The van der Waals surface area contributed by atoms with E-state index in [2.05, 4.69) is 20.6 Å². The first kappa shape index (κ1) is 17.8. The summed E-state index contributed by atoms with van der Waals surface area (Å²) in [5.41, 5.74) is 0.351. The Bertz CT molecular complexity index is 920. The van der Waals surface area contributed by atoms with Gasteiger partial charge in [-0.3, -0.25) is 9.48 Å². The summed E-state index contributed by atoms with van der Waals surface area (Å²) in [6.45, 7) is 3.91. The van der Waals surface area contributed by atoms with E-state index in [1.807, 2.05) is 37.4 Å². The number of nitrogens with zero attached hydrogens (tertiary/aromatic N) is 5. The Kier molecular flexibility index (Phi) is 5.43. The summed E-state index contributed by atoms with van der Waals surface area (Å²) < 4.78 is 6.86. The second-order valence-electron chi connectivity index (χ2n) is 5.97. The van der Waals surface area contributed by atoms with Gasteiger partial charge in [0.2, 0.25) is 17.6 Å². The maximum absolute atomic E-state index is 12.1. The van der Waals surface area contributed by atoms with Crippen LogP contribution in [0.15, 0.2) is 28.2 Å². The van der Waals surface area contributed by atoms with Crippen molar-refractivity contribution in [3.8, 4) is 16.8 Å². The van der Waals surface area contributed by atoms with Gasteiger partial charge in [0.1, 0.15) is 11.6 Å². The Morgan fingerprint density at radius 1 is 1.50 bits per heavy atom. The van der Waals surface area contributed by atoms with Gasteiger partial charge in [-0.05, 0) is 31.7 Å². The number of rotatable bonds is 7. The van der Waals surface area contributed by atoms with Crippen LogP contribution >= 0.6 is 11.3 Å². The van der Waals surface area contributed by atoms with Gasteiger partial charge in [0, 0.05) is 25.1 Å². The molecule has 0 aliphatic rings. The van der Waals surface area contributed by atoms with Crippen molar-refractivity contribution in [2.24, 2.45) is 0 Å². The standard InChI is InChI=1S/C17H18N6O2S/c1-11(2)23-10-12(9-18)16(21-23)19-14(24)6-3-7-15-20-17(22-25-15)13-5-4-8-26-13/h4-5,8,10-11H,3,6-7H2,1-2H3,(H,19,21,24). The minimum atomic E-state index is -0.200. The lowest BCUT2D eigenvalue weighted by Gasteiger charge is -2.04. The lowest BCUT2D eigenvalue weighted by Crippen LogP contribution is -2.13. The van der Waals surface area contributed by atoms with Crippen LogP contribution in [0.25, 0.3) is 10.7 Å². The number of aryl methyl sites for hydroxylation is 1. The van der Waals surface area contributed by atoms with Crippen molar-refractivity contribution in [1.82, 2.24) is 19.9 Å². The van der Waals surface area contributed by atoms with E-state index in [0.29, 0.717) is 35.9 Å². The quantitative estimate of drug-likeness (QED) is 0.682. The van der Waals surface area contributed by atoms with E-state index in [-0.39, 0.29) is 18.4 Å². The third kappa shape index (κ3) is 4.15. The second-order valence-corrected chi connectivity index (χ2v) is 6.92. The number of amides is 1. The van der Waals surface area contributed by atoms with Gasteiger partial charge in [-0.2, -0.15) is 15.3 Å². The summed E-state index contributed by atoms with van der Waals surface area (Å²) in [5.74, 6) is 1.16. The molecule has 134 valence electrons. The molecule has 0 fully saturated rings. The molecular weight excluding hydrogens is 352 g/mol. The number of aromatic nitrogens is 4. The molecule has 3 aromatic rings. The number of thiophene rings is 1. The van der Waals surface area contributed by atoms with E-state index in [9.17, 15) is 4.79 Å². The molecule has 3 rings (SSSR count). The molecule has 0 saturated carbocycles. The van der Waals surface area contributed by atoms with Crippen molar-refractivity contribution in [1.29, 1.82) is 5.26 Å². The van der Waals surface area contributed by atoms with Gasteiger partial charge in [0.15, 0.2) is 5.82 Å². The second kappa shape index (κ2) is 7.93. The molecule has 9 heteroatoms. The zero-order valence-corrected chi connectivity index (χ0v) is 15.3. The van der Waals surface area contributed by atoms with E-state index < -0.39 is 0 Å². The monoisotopic (exact) mass is 370 g/mol. The predicted octanol–water partition coefficient (Wildman–Crippen LogP) is 3.41. The minimum Gasteiger partial charge on any atom is -0.339 e. The molecule has 1 amide bonds. The van der Waals surface area contributed by atoms with Crippen molar-refractivity contribution in [2.75, 3.05) is 5.32 Å². The van der Waals surface area contributed by atoms with Crippen LogP contribution < -0.4 is 5.32 Å². The first-order chi connectivity index (χ1) is 12.6. The van der Waals surface area contributed by atoms with Crippen LogP contribution in [0.1, 0.15) is 44.2 Å². The molecule has 8 nitrogen and oxygen atoms in total. The summed E-state index contributed by atoms with van der Waals surface area (Å²) in [4.78, 5) is 17.4. The largest absolute Gasteiger partial charge is 0.339 e. The highest BCUT2D eigenvalue weighted by molar-refractivity contribution is 7.13. The Labute approximate surface area is 154 Å². The van der Waals surface area contributed by atoms with Crippen LogP contribution in [0.2, 0.25) is 0 Å². The van der Waals surface area contributed by atoms with Crippen LogP contribution in [-0.4, -0.2) is 25.8 Å². The SMILES string of the molecule is CC(C)n1cc(C#N)c(NC(=O)CCCc2nc(-c3cccs3)no2)n1. The maximum Gasteiger partial charge on any atom is 0.226 e. The highest BCUT2D eigenvalue weighted by atomic mass is 32.1. The smallest absolute Gasteiger partial charge is 0.226 e. The van der Waals surface area contributed by atoms with Gasteiger partial charge in [-0.25, -0.2) is 0 Å². The van der Waals surface area contributed by atoms with Crippen LogP contribution in [0, 0.1) is 11.3 Å². The van der Waals surface area contributed by atoms with Gasteiger partial charge in [-0.1, -0.05) is 11.2 Å². The number of carbonyl (C=O) groups is 1. The van der Waals surface area contributed by atoms with E-state index in [4.69, 9.17) is 9.78 Å². The van der Waals surface area contributed by atoms with E-state index in [0.717, 1.165) is 4.88 Å². The summed E-state index contributed by atoms with van der Waals surface area (Å²) >= 11 is 1.54. The first-order valence-electron chi connectivity index (χ1n) is 8.22. The van der Waals surface area contributed by atoms with Crippen LogP contribution in [0.3, 0.4) is 0 Å². The molecule has 0 aliphatic heterocycles. The molecule has 0 aliphatic carbocycles. The molecule has 0 radical (unpaired) electrons. The Morgan fingerprint density at radius 3 is 3.04 bits per heavy atom. The van der Waals surface area contributed by atoms with E-state index in [1.54, 1.807) is 22.2 Å². The highest BCUT2D eigenvalue weighted by Gasteiger charge is 2.14. The van der Waals surface area contributed by atoms with Gasteiger partial charge >= 0.3 is 0 Å². The molecule has 0 bridgehead atoms. The summed E-state index contributed by atoms with van der Waals surface area (Å²) in [7, 11) is 0. The number of hydrogen-bond donors (Lipinski definition) is 1. The van der Waals surface area contributed by atoms with E-state index >= 15 is 0 Å². The Hall–Kier alpha value is -2.99. The molecule has 3 heterocycles. The molecule has 0 unspecified atom stereocenters. The summed E-state index contributed by atoms with van der Waals surface area (Å²) in [6, 6.07) is 6.01. The first-order valence-corrected chi connectivity index (χ1v) is 9.10. The third-order valence-corrected chi connectivity index (χ3v) is 4.51. The number of anilines is 1. The fourth-order valence-electron chi connectivity index (χ4n) is 2.29. The lowest BCUT2D eigenvalue weighted by molar-refractivity contribution is -0.116. The molecule has 0 spiro atoms. The fourth-order valence-corrected chi connectivity index (χ4v) is 2.94. The average Bonchev–Trinajstić information content (AvgIpc) is 3.35. The lowest BCUT2D eigenvalue weighted by atomic mass is 10.2. The van der Waals surface area contributed by atoms with Crippen LogP contribution in [0.5, 0.6) is 0 Å². The summed E-state index contributed by atoms with van der Waals surface area (Å²) in [6.07, 6.45) is 2.98. The van der Waals surface area contributed by atoms with Gasteiger partial charge in [0.05, 0.1) is 4.88 Å². The zero-order valence-electron chi connectivity index (χ0n) is 14.5. The van der Waals surface area contributed by atoms with Gasteiger partial charge in [0.25, 0.3) is 0 Å². The van der Waals surface area contributed by atoms with Crippen molar-refractivity contribution in [3.63, 3.8) is 0 Å². The van der Waals surface area contributed by atoms with Crippen molar-refractivity contribution in [3.05, 3.63) is 35.2 Å². The fraction of sp³-hybridized carbons (Fsp3) is 0.353. The number of hydrogen-bond acceptors (Lipinski definition) is 7. The van der Waals surface area contributed by atoms with Crippen molar-refractivity contribution in [2.45, 2.75) is 39.2 Å². The van der Waals surface area contributed by atoms with Gasteiger partial charge < -0.3 is 9.84 Å². The molecule has 0 saturated heterocycles. The van der Waals surface area contributed by atoms with Crippen molar-refractivity contribution < 1.29 is 9.32 Å². The van der Waals surface area contributed by atoms with Crippen molar-refractivity contribution >= 4 is 23.1 Å². The maximum atomic E-state index is 12.1. The molecule has 3 aromatic heterocycles. The molecule has 1 N–H and O–H groups in total. The highest BCUT2D eigenvalue weighted by Crippen LogP contribution is 2.21. The summed E-state index contributed by atoms with van der Waals surface area (Å²) in [5, 5.41) is 22.0. The number of nitrogens with one attached hydrogen (secondary N) is 1. The third-order valence-electron chi connectivity index (χ3n) is 3.64. The van der Waals surface area contributed by atoms with Gasteiger partial charge in [-0.15, -0.1) is 11.3 Å². The number of nitriles is 1. The molecule has 0 aromatic carbocycles. The zero-order chi connectivity index (χ0) is 18.5. The molecule has 0 atom stereocenters. The normalized spacial score (nSPS) is 10.8. The molecule has 26 heavy (non-hydrogen) atoms. The average molecular weight is 370 g/mol.